The number of carbonyl (C=O) groups is 2. The zero-order valence-electron chi connectivity index (χ0n) is 15.5. The van der Waals surface area contributed by atoms with Crippen LogP contribution in [0.25, 0.3) is 0 Å². The summed E-state index contributed by atoms with van der Waals surface area (Å²) in [5, 5.41) is 7.28. The van der Waals surface area contributed by atoms with E-state index in [1.165, 1.54) is 6.39 Å². The van der Waals surface area contributed by atoms with Gasteiger partial charge in [-0.1, -0.05) is 18.2 Å². The standard InChI is InChI=1S/C20H19N5O3/c1-12-16(28-11-21-12)18(26)25-8-7-20(17(25)13-9-22-24(2)10-13)14-5-3-4-6-15(14)23-19(20)27/h3-6,9-11,17H,7-8H2,1-2H3,(H,23,27). The predicted molar refractivity (Wildman–Crippen MR) is 99.6 cm³/mol. The lowest BCUT2D eigenvalue weighted by Crippen LogP contribution is -2.42. The van der Waals surface area contributed by atoms with Crippen LogP contribution in [0.15, 0.2) is 47.5 Å². The number of anilines is 1. The highest BCUT2D eigenvalue weighted by atomic mass is 16.3. The molecule has 1 fully saturated rings. The van der Waals surface area contributed by atoms with Gasteiger partial charge in [0.15, 0.2) is 6.39 Å². The molecular weight excluding hydrogens is 358 g/mol. The number of nitrogens with zero attached hydrogens (tertiary/aromatic N) is 4. The number of carbonyl (C=O) groups excluding carboxylic acids is 2. The SMILES string of the molecule is Cc1ncoc1C(=O)N1CCC2(C(=O)Nc3ccccc32)C1c1cnn(C)c1. The van der Waals surface area contributed by atoms with Gasteiger partial charge in [0.05, 0.1) is 17.9 Å². The maximum atomic E-state index is 13.3. The van der Waals surface area contributed by atoms with Gasteiger partial charge in [-0.2, -0.15) is 5.10 Å². The molecule has 2 unspecified atom stereocenters. The third kappa shape index (κ3) is 2.11. The number of nitrogens with one attached hydrogen (secondary N) is 1. The fraction of sp³-hybridized carbons (Fsp3) is 0.300. The summed E-state index contributed by atoms with van der Waals surface area (Å²) >= 11 is 0. The Labute approximate surface area is 161 Å². The van der Waals surface area contributed by atoms with Gasteiger partial charge < -0.3 is 14.6 Å². The van der Waals surface area contributed by atoms with Gasteiger partial charge in [-0.05, 0) is 25.0 Å². The van der Waals surface area contributed by atoms with Gasteiger partial charge in [0.25, 0.3) is 5.91 Å². The highest BCUT2D eigenvalue weighted by Crippen LogP contribution is 2.54. The fourth-order valence-electron chi connectivity index (χ4n) is 4.59. The van der Waals surface area contributed by atoms with Crippen molar-refractivity contribution in [3.8, 4) is 0 Å². The summed E-state index contributed by atoms with van der Waals surface area (Å²) in [5.74, 6) is -0.150. The van der Waals surface area contributed by atoms with Crippen molar-refractivity contribution >= 4 is 17.5 Å². The number of fused-ring (bicyclic) bond motifs is 2. The average Bonchev–Trinajstić information content (AvgIpc) is 3.43. The molecule has 5 rings (SSSR count). The minimum absolute atomic E-state index is 0.0906. The molecule has 142 valence electrons. The normalized spacial score (nSPS) is 23.3. The van der Waals surface area contributed by atoms with E-state index in [0.29, 0.717) is 18.7 Å². The van der Waals surface area contributed by atoms with E-state index < -0.39 is 11.5 Å². The minimum atomic E-state index is -0.858. The molecule has 1 aromatic carbocycles. The molecule has 8 heteroatoms. The van der Waals surface area contributed by atoms with E-state index >= 15 is 0 Å². The maximum Gasteiger partial charge on any atom is 0.292 e. The van der Waals surface area contributed by atoms with Gasteiger partial charge in [-0.15, -0.1) is 0 Å². The van der Waals surface area contributed by atoms with Crippen LogP contribution < -0.4 is 5.32 Å². The van der Waals surface area contributed by atoms with Crippen LogP contribution in [0.2, 0.25) is 0 Å². The lowest BCUT2D eigenvalue weighted by Gasteiger charge is -2.33. The zero-order chi connectivity index (χ0) is 19.5. The largest absolute Gasteiger partial charge is 0.438 e. The number of hydrogen-bond donors (Lipinski definition) is 1. The second-order valence-electron chi connectivity index (χ2n) is 7.34. The van der Waals surface area contributed by atoms with Crippen LogP contribution in [-0.2, 0) is 17.3 Å². The van der Waals surface area contributed by atoms with E-state index in [4.69, 9.17) is 4.42 Å². The average molecular weight is 377 g/mol. The second kappa shape index (κ2) is 5.79. The summed E-state index contributed by atoms with van der Waals surface area (Å²) in [7, 11) is 1.82. The van der Waals surface area contributed by atoms with Crippen molar-refractivity contribution in [3.05, 3.63) is 65.6 Å². The number of benzene rings is 1. The Bertz CT molecular complexity index is 1100. The van der Waals surface area contributed by atoms with Crippen molar-refractivity contribution in [1.82, 2.24) is 19.7 Å². The first-order chi connectivity index (χ1) is 13.5. The topological polar surface area (TPSA) is 93.3 Å². The number of aryl methyl sites for hydroxylation is 2. The first kappa shape index (κ1) is 16.7. The van der Waals surface area contributed by atoms with Gasteiger partial charge in [0.2, 0.25) is 11.7 Å². The van der Waals surface area contributed by atoms with E-state index in [-0.39, 0.29) is 17.6 Å². The molecule has 1 N–H and O–H groups in total. The Hall–Kier alpha value is -3.42. The molecule has 2 atom stereocenters. The third-order valence-corrected chi connectivity index (χ3v) is 5.83. The first-order valence-electron chi connectivity index (χ1n) is 9.13. The molecule has 1 saturated heterocycles. The predicted octanol–water partition coefficient (Wildman–Crippen LogP) is 2.19. The molecule has 0 radical (unpaired) electrons. The summed E-state index contributed by atoms with van der Waals surface area (Å²) in [4.78, 5) is 32.3. The summed E-state index contributed by atoms with van der Waals surface area (Å²) in [6, 6.07) is 7.19. The van der Waals surface area contributed by atoms with Crippen LogP contribution in [0.3, 0.4) is 0 Å². The number of likely N-dealkylation sites (tertiary alicyclic amines) is 1. The number of rotatable bonds is 2. The molecular formula is C20H19N5O3. The molecule has 4 heterocycles. The lowest BCUT2D eigenvalue weighted by molar-refractivity contribution is -0.121. The van der Waals surface area contributed by atoms with E-state index in [2.05, 4.69) is 15.4 Å². The molecule has 0 bridgehead atoms. The van der Waals surface area contributed by atoms with Crippen molar-refractivity contribution in [1.29, 1.82) is 0 Å². The Morgan fingerprint density at radius 3 is 2.89 bits per heavy atom. The van der Waals surface area contributed by atoms with Crippen molar-refractivity contribution in [2.45, 2.75) is 24.8 Å². The molecule has 0 saturated carbocycles. The number of para-hydroxylation sites is 1. The Kier molecular flexibility index (Phi) is 3.46. The van der Waals surface area contributed by atoms with E-state index in [1.54, 1.807) is 22.7 Å². The van der Waals surface area contributed by atoms with Gasteiger partial charge >= 0.3 is 0 Å². The highest BCUT2D eigenvalue weighted by molar-refractivity contribution is 6.08. The molecule has 2 amide bonds. The Morgan fingerprint density at radius 1 is 1.36 bits per heavy atom. The van der Waals surface area contributed by atoms with Crippen molar-refractivity contribution in [2.75, 3.05) is 11.9 Å². The summed E-state index contributed by atoms with van der Waals surface area (Å²) < 4.78 is 7.03. The van der Waals surface area contributed by atoms with Crippen molar-refractivity contribution in [2.24, 2.45) is 7.05 Å². The molecule has 0 aliphatic carbocycles. The van der Waals surface area contributed by atoms with E-state index in [1.807, 2.05) is 37.5 Å². The quantitative estimate of drug-likeness (QED) is 0.739. The highest BCUT2D eigenvalue weighted by Gasteiger charge is 2.60. The van der Waals surface area contributed by atoms with Gasteiger partial charge in [0.1, 0.15) is 5.41 Å². The number of oxazole rings is 1. The molecule has 8 nitrogen and oxygen atoms in total. The minimum Gasteiger partial charge on any atom is -0.438 e. The third-order valence-electron chi connectivity index (χ3n) is 5.83. The van der Waals surface area contributed by atoms with Crippen LogP contribution in [0.5, 0.6) is 0 Å². The van der Waals surface area contributed by atoms with Gasteiger partial charge in [0, 0.05) is 31.0 Å². The number of amides is 2. The molecule has 3 aromatic rings. The lowest BCUT2D eigenvalue weighted by atomic mass is 9.73. The monoisotopic (exact) mass is 377 g/mol. The smallest absolute Gasteiger partial charge is 0.292 e. The summed E-state index contributed by atoms with van der Waals surface area (Å²) in [5.41, 5.74) is 2.21. The van der Waals surface area contributed by atoms with Gasteiger partial charge in [-0.3, -0.25) is 14.3 Å². The zero-order valence-corrected chi connectivity index (χ0v) is 15.5. The second-order valence-corrected chi connectivity index (χ2v) is 7.34. The summed E-state index contributed by atoms with van der Waals surface area (Å²) in [6.45, 7) is 2.17. The Balaban J connectivity index is 1.68. The molecule has 2 aromatic heterocycles. The van der Waals surface area contributed by atoms with Crippen LogP contribution in [0.4, 0.5) is 5.69 Å². The molecule has 1 spiro atoms. The molecule has 28 heavy (non-hydrogen) atoms. The summed E-state index contributed by atoms with van der Waals surface area (Å²) in [6.07, 6.45) is 5.37. The van der Waals surface area contributed by atoms with Crippen molar-refractivity contribution in [3.63, 3.8) is 0 Å². The van der Waals surface area contributed by atoms with Crippen LogP contribution in [-0.4, -0.2) is 38.0 Å². The molecule has 2 aliphatic heterocycles. The van der Waals surface area contributed by atoms with Gasteiger partial charge in [-0.25, -0.2) is 4.98 Å². The van der Waals surface area contributed by atoms with Crippen molar-refractivity contribution < 1.29 is 14.0 Å². The Morgan fingerprint density at radius 2 is 2.18 bits per heavy atom. The molecule has 2 aliphatic rings. The van der Waals surface area contributed by atoms with E-state index in [0.717, 1.165) is 16.8 Å². The van der Waals surface area contributed by atoms with Crippen LogP contribution >= 0.6 is 0 Å². The fourth-order valence-corrected chi connectivity index (χ4v) is 4.59. The number of hydrogen-bond acceptors (Lipinski definition) is 5. The number of aromatic nitrogens is 3. The maximum absolute atomic E-state index is 13.3. The first-order valence-corrected chi connectivity index (χ1v) is 9.13. The van der Waals surface area contributed by atoms with Crippen LogP contribution in [0.1, 0.15) is 39.8 Å². The van der Waals surface area contributed by atoms with Crippen LogP contribution in [0, 0.1) is 6.92 Å². The van der Waals surface area contributed by atoms with E-state index in [9.17, 15) is 9.59 Å².